The molecule has 0 unspecified atom stereocenters. The molecule has 0 spiro atoms. The molecular weight excluding hydrogens is 274 g/mol. The highest BCUT2D eigenvalue weighted by molar-refractivity contribution is 5.49. The number of ether oxygens (including phenoxy) is 1. The third-order valence-corrected chi connectivity index (χ3v) is 4.11. The smallest absolute Gasteiger partial charge is 0.122 e. The van der Waals surface area contributed by atoms with E-state index in [0.29, 0.717) is 11.5 Å². The molecule has 1 aliphatic heterocycles. The summed E-state index contributed by atoms with van der Waals surface area (Å²) in [5.74, 6) is 1.49. The third kappa shape index (κ3) is 3.56. The summed E-state index contributed by atoms with van der Waals surface area (Å²) in [4.78, 5) is 6.37. The Bertz CT molecular complexity index is 626. The van der Waals surface area contributed by atoms with E-state index in [4.69, 9.17) is 10.00 Å². The van der Waals surface area contributed by atoms with Crippen LogP contribution < -0.4 is 9.64 Å². The van der Waals surface area contributed by atoms with Gasteiger partial charge in [0, 0.05) is 31.2 Å². The number of nitrogens with zero attached hydrogens (tertiary/aromatic N) is 3. The fourth-order valence-corrected chi connectivity index (χ4v) is 2.75. The highest BCUT2D eigenvalue weighted by Crippen LogP contribution is 2.24. The van der Waals surface area contributed by atoms with Crippen molar-refractivity contribution >= 4 is 5.69 Å². The van der Waals surface area contributed by atoms with Crippen molar-refractivity contribution in [2.24, 2.45) is 5.92 Å². The summed E-state index contributed by atoms with van der Waals surface area (Å²) in [6, 6.07) is 13.8. The molecule has 1 aromatic heterocycles. The predicted molar refractivity (Wildman–Crippen MR) is 85.8 cm³/mol. The van der Waals surface area contributed by atoms with Gasteiger partial charge in [-0.1, -0.05) is 0 Å². The predicted octanol–water partition coefficient (Wildman–Crippen LogP) is 3.25. The molecule has 1 aromatic carbocycles. The number of piperidine rings is 1. The molecule has 112 valence electrons. The van der Waals surface area contributed by atoms with Crippen molar-refractivity contribution in [2.45, 2.75) is 12.8 Å². The highest BCUT2D eigenvalue weighted by atomic mass is 16.5. The lowest BCUT2D eigenvalue weighted by molar-refractivity contribution is 0.223. The summed E-state index contributed by atoms with van der Waals surface area (Å²) >= 11 is 0. The van der Waals surface area contributed by atoms with Gasteiger partial charge in [-0.05, 0) is 55.2 Å². The van der Waals surface area contributed by atoms with Crippen molar-refractivity contribution in [1.82, 2.24) is 4.98 Å². The monoisotopic (exact) mass is 293 g/mol. The first kappa shape index (κ1) is 14.4. The van der Waals surface area contributed by atoms with Gasteiger partial charge in [0.25, 0.3) is 0 Å². The van der Waals surface area contributed by atoms with E-state index in [2.05, 4.69) is 16.0 Å². The van der Waals surface area contributed by atoms with Gasteiger partial charge in [0.05, 0.1) is 18.2 Å². The molecule has 1 fully saturated rings. The zero-order valence-electron chi connectivity index (χ0n) is 12.5. The lowest BCUT2D eigenvalue weighted by atomic mass is 9.97. The summed E-state index contributed by atoms with van der Waals surface area (Å²) < 4.78 is 5.82. The molecule has 1 aliphatic rings. The van der Waals surface area contributed by atoms with Gasteiger partial charge in [-0.15, -0.1) is 0 Å². The first-order valence-electron chi connectivity index (χ1n) is 7.63. The molecule has 3 rings (SSSR count). The SMILES string of the molecule is N#Cc1ccc(N2CCC(COc3ccncc3)CC2)cc1. The van der Waals surface area contributed by atoms with E-state index in [0.717, 1.165) is 38.3 Å². The Balaban J connectivity index is 1.48. The Morgan fingerprint density at radius 3 is 2.41 bits per heavy atom. The Hall–Kier alpha value is -2.54. The number of nitriles is 1. The number of benzene rings is 1. The molecule has 2 aromatic rings. The average molecular weight is 293 g/mol. The van der Waals surface area contributed by atoms with Crippen LogP contribution in [0.25, 0.3) is 0 Å². The van der Waals surface area contributed by atoms with Crippen molar-refractivity contribution in [3.05, 3.63) is 54.4 Å². The maximum Gasteiger partial charge on any atom is 0.122 e. The minimum atomic E-state index is 0.600. The Morgan fingerprint density at radius 2 is 1.77 bits per heavy atom. The highest BCUT2D eigenvalue weighted by Gasteiger charge is 2.20. The van der Waals surface area contributed by atoms with Gasteiger partial charge in [0.1, 0.15) is 5.75 Å². The van der Waals surface area contributed by atoms with E-state index < -0.39 is 0 Å². The Kier molecular flexibility index (Phi) is 4.55. The number of hydrogen-bond donors (Lipinski definition) is 0. The largest absolute Gasteiger partial charge is 0.493 e. The zero-order chi connectivity index (χ0) is 15.2. The van der Waals surface area contributed by atoms with Crippen LogP contribution in [-0.2, 0) is 0 Å². The van der Waals surface area contributed by atoms with Gasteiger partial charge in [-0.2, -0.15) is 5.26 Å². The molecular formula is C18H19N3O. The van der Waals surface area contributed by atoms with Crippen molar-refractivity contribution in [3.63, 3.8) is 0 Å². The maximum absolute atomic E-state index is 8.85. The zero-order valence-corrected chi connectivity index (χ0v) is 12.5. The second kappa shape index (κ2) is 6.95. The molecule has 22 heavy (non-hydrogen) atoms. The maximum atomic E-state index is 8.85. The number of aromatic nitrogens is 1. The fourth-order valence-electron chi connectivity index (χ4n) is 2.75. The lowest BCUT2D eigenvalue weighted by Crippen LogP contribution is -2.35. The first-order valence-corrected chi connectivity index (χ1v) is 7.63. The van der Waals surface area contributed by atoms with Crippen LogP contribution >= 0.6 is 0 Å². The topological polar surface area (TPSA) is 49.2 Å². The number of rotatable bonds is 4. The van der Waals surface area contributed by atoms with Crippen molar-refractivity contribution in [2.75, 3.05) is 24.6 Å². The third-order valence-electron chi connectivity index (χ3n) is 4.11. The van der Waals surface area contributed by atoms with Crippen LogP contribution in [0, 0.1) is 17.2 Å². The van der Waals surface area contributed by atoms with Gasteiger partial charge in [0.15, 0.2) is 0 Å². The molecule has 0 saturated carbocycles. The summed E-state index contributed by atoms with van der Waals surface area (Å²) in [5, 5.41) is 8.85. The fraction of sp³-hybridized carbons (Fsp3) is 0.333. The summed E-state index contributed by atoms with van der Waals surface area (Å²) in [6.45, 7) is 2.85. The second-order valence-electron chi connectivity index (χ2n) is 5.58. The van der Waals surface area contributed by atoms with Crippen LogP contribution in [0.5, 0.6) is 5.75 Å². The summed E-state index contributed by atoms with van der Waals surface area (Å²) in [6.07, 6.45) is 5.77. The van der Waals surface area contributed by atoms with Crippen LogP contribution in [0.4, 0.5) is 5.69 Å². The van der Waals surface area contributed by atoms with Crippen LogP contribution in [0.3, 0.4) is 0 Å². The van der Waals surface area contributed by atoms with Gasteiger partial charge in [-0.3, -0.25) is 4.98 Å². The molecule has 0 aliphatic carbocycles. The first-order chi connectivity index (χ1) is 10.8. The molecule has 0 bridgehead atoms. The minimum Gasteiger partial charge on any atom is -0.493 e. The molecule has 0 atom stereocenters. The number of hydrogen-bond acceptors (Lipinski definition) is 4. The van der Waals surface area contributed by atoms with E-state index in [9.17, 15) is 0 Å². The number of anilines is 1. The standard InChI is InChI=1S/C18H19N3O/c19-13-15-1-3-17(4-2-15)21-11-7-16(8-12-21)14-22-18-5-9-20-10-6-18/h1-6,9-10,16H,7-8,11-12,14H2. The van der Waals surface area contributed by atoms with E-state index >= 15 is 0 Å². The van der Waals surface area contributed by atoms with Crippen LogP contribution in [-0.4, -0.2) is 24.7 Å². The molecule has 4 nitrogen and oxygen atoms in total. The van der Waals surface area contributed by atoms with E-state index in [-0.39, 0.29) is 0 Å². The molecule has 0 amide bonds. The van der Waals surface area contributed by atoms with Crippen molar-refractivity contribution in [1.29, 1.82) is 5.26 Å². The second-order valence-corrected chi connectivity index (χ2v) is 5.58. The molecule has 1 saturated heterocycles. The Labute approximate surface area is 131 Å². The van der Waals surface area contributed by atoms with Gasteiger partial charge >= 0.3 is 0 Å². The van der Waals surface area contributed by atoms with E-state index in [1.807, 2.05) is 36.4 Å². The van der Waals surface area contributed by atoms with Crippen molar-refractivity contribution in [3.8, 4) is 11.8 Å². The van der Waals surface area contributed by atoms with Gasteiger partial charge in [-0.25, -0.2) is 0 Å². The average Bonchev–Trinajstić information content (AvgIpc) is 2.61. The van der Waals surface area contributed by atoms with Crippen LogP contribution in [0.1, 0.15) is 18.4 Å². The minimum absolute atomic E-state index is 0.600. The normalized spacial score (nSPS) is 15.3. The summed E-state index contributed by atoms with van der Waals surface area (Å²) in [7, 11) is 0. The Morgan fingerprint density at radius 1 is 1.09 bits per heavy atom. The van der Waals surface area contributed by atoms with E-state index in [1.165, 1.54) is 5.69 Å². The number of pyridine rings is 1. The lowest BCUT2D eigenvalue weighted by Gasteiger charge is -2.33. The quantitative estimate of drug-likeness (QED) is 0.868. The van der Waals surface area contributed by atoms with Gasteiger partial charge < -0.3 is 9.64 Å². The summed E-state index contributed by atoms with van der Waals surface area (Å²) in [5.41, 5.74) is 1.91. The molecule has 4 heteroatoms. The van der Waals surface area contributed by atoms with E-state index in [1.54, 1.807) is 12.4 Å². The van der Waals surface area contributed by atoms with Crippen LogP contribution in [0.15, 0.2) is 48.8 Å². The molecule has 0 N–H and O–H groups in total. The molecule has 0 radical (unpaired) electrons. The van der Waals surface area contributed by atoms with Crippen molar-refractivity contribution < 1.29 is 4.74 Å². The molecule has 2 heterocycles. The van der Waals surface area contributed by atoms with Gasteiger partial charge in [0.2, 0.25) is 0 Å². The van der Waals surface area contributed by atoms with Crippen LogP contribution in [0.2, 0.25) is 0 Å².